The van der Waals surface area contributed by atoms with Gasteiger partial charge in [0, 0.05) is 38.0 Å². The summed E-state index contributed by atoms with van der Waals surface area (Å²) in [5.74, 6) is 0.819. The van der Waals surface area contributed by atoms with E-state index >= 15 is 0 Å². The Balaban J connectivity index is 1.44. The SMILES string of the molecule is CC(C)CC(=O)N1CCC([NH+]2CCN(c3ccccc3)CC2)CC1. The van der Waals surface area contributed by atoms with Crippen molar-refractivity contribution in [3.05, 3.63) is 30.3 Å². The molecule has 0 atom stereocenters. The fourth-order valence-electron chi connectivity index (χ4n) is 4.11. The third-order valence-electron chi connectivity index (χ3n) is 5.53. The van der Waals surface area contributed by atoms with Crippen molar-refractivity contribution in [2.45, 2.75) is 39.2 Å². The Morgan fingerprint density at radius 3 is 2.29 bits per heavy atom. The number of carbonyl (C=O) groups excluding carboxylic acids is 1. The van der Waals surface area contributed by atoms with Crippen LogP contribution in [0.4, 0.5) is 5.69 Å². The largest absolute Gasteiger partial charge is 0.360 e. The Morgan fingerprint density at radius 1 is 1.08 bits per heavy atom. The van der Waals surface area contributed by atoms with Gasteiger partial charge in [-0.15, -0.1) is 0 Å². The minimum Gasteiger partial charge on any atom is -0.360 e. The average molecular weight is 330 g/mol. The lowest BCUT2D eigenvalue weighted by molar-refractivity contribution is -0.927. The van der Waals surface area contributed by atoms with E-state index in [1.54, 1.807) is 4.90 Å². The number of amides is 1. The molecule has 2 aliphatic rings. The van der Waals surface area contributed by atoms with Gasteiger partial charge in [0.1, 0.15) is 0 Å². The summed E-state index contributed by atoms with van der Waals surface area (Å²) in [6, 6.07) is 11.5. The molecule has 2 fully saturated rings. The summed E-state index contributed by atoms with van der Waals surface area (Å²) in [5.41, 5.74) is 1.35. The number of benzene rings is 1. The fourth-order valence-corrected chi connectivity index (χ4v) is 4.11. The molecule has 2 aliphatic heterocycles. The van der Waals surface area contributed by atoms with Gasteiger partial charge in [-0.2, -0.15) is 0 Å². The summed E-state index contributed by atoms with van der Waals surface area (Å²) in [7, 11) is 0. The highest BCUT2D eigenvalue weighted by molar-refractivity contribution is 5.76. The van der Waals surface area contributed by atoms with Crippen LogP contribution in [-0.2, 0) is 4.79 Å². The zero-order valence-electron chi connectivity index (χ0n) is 15.2. The summed E-state index contributed by atoms with van der Waals surface area (Å²) < 4.78 is 0. The Kier molecular flexibility index (Phi) is 5.77. The second-order valence-electron chi connectivity index (χ2n) is 7.73. The van der Waals surface area contributed by atoms with Crippen molar-refractivity contribution in [2.75, 3.05) is 44.2 Å². The quantitative estimate of drug-likeness (QED) is 0.904. The molecular weight excluding hydrogens is 298 g/mol. The molecular formula is C20H32N3O+. The van der Waals surface area contributed by atoms with Gasteiger partial charge in [0.15, 0.2) is 0 Å². The van der Waals surface area contributed by atoms with Crippen molar-refractivity contribution in [2.24, 2.45) is 5.92 Å². The van der Waals surface area contributed by atoms with Crippen LogP contribution in [0.5, 0.6) is 0 Å². The molecule has 4 nitrogen and oxygen atoms in total. The van der Waals surface area contributed by atoms with E-state index in [9.17, 15) is 4.79 Å². The van der Waals surface area contributed by atoms with Crippen molar-refractivity contribution < 1.29 is 9.69 Å². The van der Waals surface area contributed by atoms with Gasteiger partial charge in [0.2, 0.25) is 5.91 Å². The first kappa shape index (κ1) is 17.3. The van der Waals surface area contributed by atoms with E-state index in [-0.39, 0.29) is 0 Å². The molecule has 2 heterocycles. The van der Waals surface area contributed by atoms with E-state index in [4.69, 9.17) is 0 Å². The number of carbonyl (C=O) groups is 1. The van der Waals surface area contributed by atoms with E-state index in [1.165, 1.54) is 31.6 Å². The second-order valence-corrected chi connectivity index (χ2v) is 7.73. The van der Waals surface area contributed by atoms with Crippen molar-refractivity contribution in [1.82, 2.24) is 4.90 Å². The van der Waals surface area contributed by atoms with E-state index in [2.05, 4.69) is 54.0 Å². The molecule has 24 heavy (non-hydrogen) atoms. The van der Waals surface area contributed by atoms with Crippen LogP contribution in [0.2, 0.25) is 0 Å². The van der Waals surface area contributed by atoms with Gasteiger partial charge in [-0.3, -0.25) is 4.79 Å². The molecule has 0 aromatic heterocycles. The number of piperidine rings is 1. The number of piperazine rings is 1. The molecule has 132 valence electrons. The van der Waals surface area contributed by atoms with Crippen molar-refractivity contribution in [1.29, 1.82) is 0 Å². The van der Waals surface area contributed by atoms with E-state index < -0.39 is 0 Å². The van der Waals surface area contributed by atoms with Crippen molar-refractivity contribution >= 4 is 11.6 Å². The number of para-hydroxylation sites is 1. The molecule has 4 heteroatoms. The number of nitrogens with one attached hydrogen (secondary N) is 1. The molecule has 2 saturated heterocycles. The number of likely N-dealkylation sites (tertiary alicyclic amines) is 1. The molecule has 1 aromatic carbocycles. The van der Waals surface area contributed by atoms with E-state index in [1.807, 2.05) is 0 Å². The van der Waals surface area contributed by atoms with E-state index in [0.29, 0.717) is 18.2 Å². The minimum atomic E-state index is 0.354. The van der Waals surface area contributed by atoms with E-state index in [0.717, 1.165) is 32.2 Å². The summed E-state index contributed by atoms with van der Waals surface area (Å²) in [6.07, 6.45) is 3.04. The maximum absolute atomic E-state index is 12.2. The Labute approximate surface area is 146 Å². The first-order valence-corrected chi connectivity index (χ1v) is 9.56. The van der Waals surface area contributed by atoms with Gasteiger partial charge in [0.25, 0.3) is 0 Å². The molecule has 0 unspecified atom stereocenters. The highest BCUT2D eigenvalue weighted by Crippen LogP contribution is 2.15. The molecule has 0 bridgehead atoms. The van der Waals surface area contributed by atoms with Crippen molar-refractivity contribution in [3.63, 3.8) is 0 Å². The van der Waals surface area contributed by atoms with Crippen LogP contribution in [0.3, 0.4) is 0 Å². The Morgan fingerprint density at radius 2 is 1.71 bits per heavy atom. The predicted octanol–water partition coefficient (Wildman–Crippen LogP) is 1.43. The molecule has 0 saturated carbocycles. The van der Waals surface area contributed by atoms with Crippen LogP contribution in [-0.4, -0.2) is 56.1 Å². The Bertz CT molecular complexity index is 515. The first-order valence-electron chi connectivity index (χ1n) is 9.56. The molecule has 1 aromatic rings. The normalized spacial score (nSPS) is 20.6. The maximum atomic E-state index is 12.2. The minimum absolute atomic E-state index is 0.354. The van der Waals surface area contributed by atoms with Crippen LogP contribution < -0.4 is 9.80 Å². The van der Waals surface area contributed by atoms with Gasteiger partial charge in [-0.05, 0) is 18.1 Å². The molecule has 0 spiro atoms. The van der Waals surface area contributed by atoms with Gasteiger partial charge in [-0.1, -0.05) is 32.0 Å². The van der Waals surface area contributed by atoms with Gasteiger partial charge >= 0.3 is 0 Å². The molecule has 1 amide bonds. The summed E-state index contributed by atoms with van der Waals surface area (Å²) in [6.45, 7) is 10.9. The zero-order chi connectivity index (χ0) is 16.9. The first-order chi connectivity index (χ1) is 11.6. The highest BCUT2D eigenvalue weighted by Gasteiger charge is 2.31. The lowest BCUT2D eigenvalue weighted by atomic mass is 10.0. The predicted molar refractivity (Wildman–Crippen MR) is 98.4 cm³/mol. The number of hydrogen-bond donors (Lipinski definition) is 1. The van der Waals surface area contributed by atoms with Gasteiger partial charge in [0.05, 0.1) is 32.2 Å². The highest BCUT2D eigenvalue weighted by atomic mass is 16.2. The second kappa shape index (κ2) is 8.02. The lowest BCUT2D eigenvalue weighted by Crippen LogP contribution is -3.18. The summed E-state index contributed by atoms with van der Waals surface area (Å²) in [4.78, 5) is 18.6. The third-order valence-corrected chi connectivity index (χ3v) is 5.53. The maximum Gasteiger partial charge on any atom is 0.222 e. The summed E-state index contributed by atoms with van der Waals surface area (Å²) in [5, 5.41) is 0. The number of nitrogens with zero attached hydrogens (tertiary/aromatic N) is 2. The van der Waals surface area contributed by atoms with Crippen LogP contribution >= 0.6 is 0 Å². The Hall–Kier alpha value is -1.55. The van der Waals surface area contributed by atoms with Crippen LogP contribution in [0, 0.1) is 5.92 Å². The third kappa shape index (κ3) is 4.29. The smallest absolute Gasteiger partial charge is 0.222 e. The molecule has 3 rings (SSSR count). The fraction of sp³-hybridized carbons (Fsp3) is 0.650. The zero-order valence-corrected chi connectivity index (χ0v) is 15.2. The van der Waals surface area contributed by atoms with Crippen LogP contribution in [0.25, 0.3) is 0 Å². The van der Waals surface area contributed by atoms with Crippen LogP contribution in [0.1, 0.15) is 33.1 Å². The van der Waals surface area contributed by atoms with Crippen LogP contribution in [0.15, 0.2) is 30.3 Å². The average Bonchev–Trinajstić information content (AvgIpc) is 2.62. The topological polar surface area (TPSA) is 28.0 Å². The summed E-state index contributed by atoms with van der Waals surface area (Å²) >= 11 is 0. The van der Waals surface area contributed by atoms with Gasteiger partial charge < -0.3 is 14.7 Å². The number of hydrogen-bond acceptors (Lipinski definition) is 2. The molecule has 0 radical (unpaired) electrons. The standard InChI is InChI=1S/C20H31N3O/c1-17(2)16-20(24)23-10-8-19(9-11-23)22-14-12-21(13-15-22)18-6-4-3-5-7-18/h3-7,17,19H,8-16H2,1-2H3/p+1. The lowest BCUT2D eigenvalue weighted by Gasteiger charge is -2.41. The van der Waals surface area contributed by atoms with Crippen molar-refractivity contribution in [3.8, 4) is 0 Å². The van der Waals surface area contributed by atoms with Gasteiger partial charge in [-0.25, -0.2) is 0 Å². The number of quaternary nitrogens is 1. The number of anilines is 1. The monoisotopic (exact) mass is 330 g/mol. The molecule has 1 N–H and O–H groups in total. The number of rotatable bonds is 4. The molecule has 0 aliphatic carbocycles.